The Kier molecular flexibility index (Phi) is 2.82. The van der Waals surface area contributed by atoms with Crippen molar-refractivity contribution in [1.29, 1.82) is 0 Å². The van der Waals surface area contributed by atoms with Crippen LogP contribution < -0.4 is 4.90 Å². The Labute approximate surface area is 122 Å². The Morgan fingerprint density at radius 3 is 3.10 bits per heavy atom. The van der Waals surface area contributed by atoms with Crippen molar-refractivity contribution in [1.82, 2.24) is 9.78 Å². The number of aliphatic hydroxyl groups is 1. The van der Waals surface area contributed by atoms with Crippen LogP contribution in [-0.4, -0.2) is 33.4 Å². The number of rotatable bonds is 1. The van der Waals surface area contributed by atoms with E-state index in [1.54, 1.807) is 11.1 Å². The van der Waals surface area contributed by atoms with E-state index in [1.807, 2.05) is 28.9 Å². The smallest absolute Gasteiger partial charge is 0.261 e. The van der Waals surface area contributed by atoms with Gasteiger partial charge in [0.2, 0.25) is 0 Å². The van der Waals surface area contributed by atoms with Crippen LogP contribution in [0.5, 0.6) is 0 Å². The van der Waals surface area contributed by atoms with Crippen LogP contribution in [0.15, 0.2) is 30.5 Å². The number of aliphatic hydroxyl groups excluding tert-OH is 1. The number of fused-ring (bicyclic) bond motifs is 2. The molecule has 3 heterocycles. The molecule has 0 radical (unpaired) electrons. The van der Waals surface area contributed by atoms with Crippen molar-refractivity contribution >= 4 is 11.6 Å². The molecule has 1 unspecified atom stereocenters. The molecule has 5 heteroatoms. The van der Waals surface area contributed by atoms with Gasteiger partial charge in [-0.15, -0.1) is 0 Å². The molecule has 5 nitrogen and oxygen atoms in total. The van der Waals surface area contributed by atoms with Gasteiger partial charge in [0.1, 0.15) is 0 Å². The maximum Gasteiger partial charge on any atom is 0.261 e. The molecule has 0 bridgehead atoms. The van der Waals surface area contributed by atoms with E-state index in [0.29, 0.717) is 18.5 Å². The molecule has 0 fully saturated rings. The summed E-state index contributed by atoms with van der Waals surface area (Å²) in [7, 11) is 0. The molecule has 1 aromatic heterocycles. The molecule has 1 aromatic carbocycles. The summed E-state index contributed by atoms with van der Waals surface area (Å²) in [4.78, 5) is 14.6. The van der Waals surface area contributed by atoms with Gasteiger partial charge in [0.05, 0.1) is 30.1 Å². The lowest BCUT2D eigenvalue weighted by molar-refractivity contribution is 0.0953. The van der Waals surface area contributed by atoms with Crippen molar-refractivity contribution in [3.05, 3.63) is 47.3 Å². The summed E-state index contributed by atoms with van der Waals surface area (Å²) in [5.41, 5.74) is 3.63. The fourth-order valence-electron chi connectivity index (χ4n) is 3.35. The fraction of sp³-hybridized carbons (Fsp3) is 0.375. The summed E-state index contributed by atoms with van der Waals surface area (Å²) in [6.07, 6.45) is 3.71. The first-order valence-corrected chi connectivity index (χ1v) is 7.36. The van der Waals surface area contributed by atoms with Gasteiger partial charge in [0.15, 0.2) is 0 Å². The molecule has 0 spiro atoms. The van der Waals surface area contributed by atoms with Gasteiger partial charge in [-0.05, 0) is 24.5 Å². The van der Waals surface area contributed by atoms with Gasteiger partial charge in [-0.25, -0.2) is 0 Å². The first-order valence-electron chi connectivity index (χ1n) is 7.36. The number of aryl methyl sites for hydroxylation is 1. The molecular weight excluding hydrogens is 266 g/mol. The maximum atomic E-state index is 12.9. The van der Waals surface area contributed by atoms with Crippen molar-refractivity contribution in [2.24, 2.45) is 0 Å². The number of aromatic nitrogens is 2. The highest BCUT2D eigenvalue weighted by Gasteiger charge is 2.31. The zero-order valence-electron chi connectivity index (χ0n) is 11.7. The number of carbonyl (C=O) groups excluding carboxylic acids is 1. The molecule has 1 N–H and O–H groups in total. The van der Waals surface area contributed by atoms with Gasteiger partial charge < -0.3 is 10.0 Å². The number of hydrogen-bond donors (Lipinski definition) is 1. The third-order valence-corrected chi connectivity index (χ3v) is 4.34. The predicted molar refractivity (Wildman–Crippen MR) is 78.4 cm³/mol. The number of benzene rings is 1. The number of nitrogens with zero attached hydrogens (tertiary/aromatic N) is 3. The van der Waals surface area contributed by atoms with E-state index in [0.717, 1.165) is 36.3 Å². The van der Waals surface area contributed by atoms with Gasteiger partial charge in [-0.3, -0.25) is 9.48 Å². The van der Waals surface area contributed by atoms with Crippen LogP contribution >= 0.6 is 0 Å². The minimum Gasteiger partial charge on any atom is -0.391 e. The van der Waals surface area contributed by atoms with Crippen molar-refractivity contribution in [2.75, 3.05) is 11.4 Å². The maximum absolute atomic E-state index is 12.9. The predicted octanol–water partition coefficient (Wildman–Crippen LogP) is 1.39. The van der Waals surface area contributed by atoms with E-state index in [2.05, 4.69) is 5.10 Å². The average molecular weight is 283 g/mol. The number of hydrogen-bond acceptors (Lipinski definition) is 3. The second kappa shape index (κ2) is 4.70. The zero-order valence-corrected chi connectivity index (χ0v) is 11.7. The average Bonchev–Trinajstić information content (AvgIpc) is 3.08. The summed E-state index contributed by atoms with van der Waals surface area (Å²) in [5.74, 6) is -0.0515. The van der Waals surface area contributed by atoms with Crippen LogP contribution in [0.4, 0.5) is 5.69 Å². The topological polar surface area (TPSA) is 58.4 Å². The van der Waals surface area contributed by atoms with Crippen molar-refractivity contribution in [3.8, 4) is 0 Å². The Bertz CT molecular complexity index is 707. The molecule has 1 amide bonds. The number of anilines is 1. The summed E-state index contributed by atoms with van der Waals surface area (Å²) in [5, 5.41) is 14.3. The van der Waals surface area contributed by atoms with Crippen molar-refractivity contribution in [2.45, 2.75) is 31.9 Å². The van der Waals surface area contributed by atoms with Crippen molar-refractivity contribution < 1.29 is 9.90 Å². The molecule has 0 saturated heterocycles. The van der Waals surface area contributed by atoms with Crippen LogP contribution in [0.25, 0.3) is 0 Å². The molecule has 2 aliphatic rings. The molecule has 2 aromatic rings. The Morgan fingerprint density at radius 2 is 2.19 bits per heavy atom. The second-order valence-electron chi connectivity index (χ2n) is 5.73. The molecule has 4 rings (SSSR count). The number of β-amino-alcohol motifs (C(OH)–C–C–N with tert-alkyl or cyclic N) is 1. The fourth-order valence-corrected chi connectivity index (χ4v) is 3.35. The standard InChI is InChI=1S/C16H17N3O2/c20-12-8-11-4-1-2-5-14(11)18(10-12)16(21)13-9-17-19-7-3-6-15(13)19/h1-2,4-5,9,12,20H,3,6-8,10H2. The van der Waals surface area contributed by atoms with Gasteiger partial charge >= 0.3 is 0 Å². The molecular formula is C16H17N3O2. The van der Waals surface area contributed by atoms with E-state index >= 15 is 0 Å². The largest absolute Gasteiger partial charge is 0.391 e. The molecule has 2 aliphatic heterocycles. The Hall–Kier alpha value is -2.14. The third kappa shape index (κ3) is 1.96. The monoisotopic (exact) mass is 283 g/mol. The summed E-state index contributed by atoms with van der Waals surface area (Å²) >= 11 is 0. The number of amides is 1. The highest BCUT2D eigenvalue weighted by molar-refractivity contribution is 6.07. The van der Waals surface area contributed by atoms with Gasteiger partial charge in [0.25, 0.3) is 5.91 Å². The number of para-hydroxylation sites is 1. The molecule has 1 atom stereocenters. The third-order valence-electron chi connectivity index (χ3n) is 4.34. The molecule has 21 heavy (non-hydrogen) atoms. The van der Waals surface area contributed by atoms with Crippen LogP contribution in [0, 0.1) is 0 Å². The molecule has 0 aliphatic carbocycles. The molecule has 0 saturated carbocycles. The highest BCUT2D eigenvalue weighted by Crippen LogP contribution is 2.29. The SMILES string of the molecule is O=C(c1cnn2c1CCC2)N1CC(O)Cc2ccccc21. The number of carbonyl (C=O) groups is 1. The van der Waals surface area contributed by atoms with Crippen LogP contribution in [0.1, 0.15) is 28.0 Å². The van der Waals surface area contributed by atoms with Gasteiger partial charge in [-0.1, -0.05) is 18.2 Å². The summed E-state index contributed by atoms with van der Waals surface area (Å²) in [6, 6.07) is 7.79. The Morgan fingerprint density at radius 1 is 1.33 bits per heavy atom. The van der Waals surface area contributed by atoms with E-state index in [4.69, 9.17) is 0 Å². The van der Waals surface area contributed by atoms with E-state index in [1.165, 1.54) is 0 Å². The van der Waals surface area contributed by atoms with Crippen LogP contribution in [-0.2, 0) is 19.4 Å². The first-order chi connectivity index (χ1) is 10.2. The minimum absolute atomic E-state index is 0.0515. The van der Waals surface area contributed by atoms with Crippen LogP contribution in [0.3, 0.4) is 0 Å². The van der Waals surface area contributed by atoms with Crippen molar-refractivity contribution in [3.63, 3.8) is 0 Å². The van der Waals surface area contributed by atoms with Gasteiger partial charge in [-0.2, -0.15) is 5.10 Å². The summed E-state index contributed by atoms with van der Waals surface area (Å²) < 4.78 is 1.92. The first kappa shape index (κ1) is 12.6. The summed E-state index contributed by atoms with van der Waals surface area (Å²) in [6.45, 7) is 1.24. The van der Waals surface area contributed by atoms with Crippen LogP contribution in [0.2, 0.25) is 0 Å². The second-order valence-corrected chi connectivity index (χ2v) is 5.73. The zero-order chi connectivity index (χ0) is 14.4. The normalized spacial score (nSPS) is 20.2. The lowest BCUT2D eigenvalue weighted by atomic mass is 9.99. The van der Waals surface area contributed by atoms with E-state index in [-0.39, 0.29) is 5.91 Å². The lowest BCUT2D eigenvalue weighted by Gasteiger charge is -2.32. The highest BCUT2D eigenvalue weighted by atomic mass is 16.3. The minimum atomic E-state index is -0.507. The quantitative estimate of drug-likeness (QED) is 0.860. The lowest BCUT2D eigenvalue weighted by Crippen LogP contribution is -2.42. The molecule has 108 valence electrons. The van der Waals surface area contributed by atoms with E-state index < -0.39 is 6.10 Å². The Balaban J connectivity index is 1.74. The van der Waals surface area contributed by atoms with E-state index in [9.17, 15) is 9.90 Å². The van der Waals surface area contributed by atoms with Gasteiger partial charge in [0, 0.05) is 18.7 Å².